The average Bonchev–Trinajstić information content (AvgIpc) is 2.16. The predicted octanol–water partition coefficient (Wildman–Crippen LogP) is -0.422. The lowest BCUT2D eigenvalue weighted by atomic mass is 10.1. The lowest BCUT2D eigenvalue weighted by Crippen LogP contribution is -2.55. The molecule has 76 valence electrons. The molecule has 1 saturated heterocycles. The molecule has 0 spiro atoms. The molecular weight excluding hydrogens is 168 g/mol. The number of amides is 1. The molecule has 2 N–H and O–H groups in total. The third-order valence-corrected chi connectivity index (χ3v) is 2.46. The molecule has 1 aliphatic heterocycles. The predicted molar refractivity (Wildman–Crippen MR) is 50.3 cm³/mol. The van der Waals surface area contributed by atoms with Gasteiger partial charge in [0.2, 0.25) is 0 Å². The number of aliphatic hydroxyl groups excluding tert-OH is 1. The minimum atomic E-state index is -0.868. The summed E-state index contributed by atoms with van der Waals surface area (Å²) in [6.45, 7) is 5.96. The first kappa shape index (κ1) is 10.5. The van der Waals surface area contributed by atoms with Crippen LogP contribution < -0.4 is 5.32 Å². The summed E-state index contributed by atoms with van der Waals surface area (Å²) >= 11 is 0. The van der Waals surface area contributed by atoms with E-state index in [1.54, 1.807) is 4.90 Å². The van der Waals surface area contributed by atoms with Gasteiger partial charge in [0.15, 0.2) is 0 Å². The van der Waals surface area contributed by atoms with E-state index in [0.29, 0.717) is 6.54 Å². The Balaban J connectivity index is 2.58. The van der Waals surface area contributed by atoms with Gasteiger partial charge in [-0.05, 0) is 13.3 Å². The van der Waals surface area contributed by atoms with Gasteiger partial charge in [-0.15, -0.1) is 0 Å². The molecule has 1 amide bonds. The van der Waals surface area contributed by atoms with Crippen LogP contribution in [0.1, 0.15) is 20.3 Å². The van der Waals surface area contributed by atoms with E-state index in [1.165, 1.54) is 6.92 Å². The van der Waals surface area contributed by atoms with Crippen LogP contribution >= 0.6 is 0 Å². The summed E-state index contributed by atoms with van der Waals surface area (Å²) in [5.74, 6) is -0.145. The van der Waals surface area contributed by atoms with Crippen molar-refractivity contribution >= 4 is 5.91 Å². The monoisotopic (exact) mass is 186 g/mol. The number of nitrogens with zero attached hydrogens (tertiary/aromatic N) is 1. The molecule has 0 saturated carbocycles. The Kier molecular flexibility index (Phi) is 3.69. The Hall–Kier alpha value is -0.610. The van der Waals surface area contributed by atoms with Crippen LogP contribution in [-0.2, 0) is 4.79 Å². The largest absolute Gasteiger partial charge is 0.384 e. The first-order valence-electron chi connectivity index (χ1n) is 4.86. The first-order chi connectivity index (χ1) is 6.16. The van der Waals surface area contributed by atoms with Gasteiger partial charge in [0.25, 0.3) is 5.91 Å². The van der Waals surface area contributed by atoms with Crippen LogP contribution in [0, 0.1) is 0 Å². The van der Waals surface area contributed by atoms with Gasteiger partial charge < -0.3 is 15.3 Å². The SMILES string of the molecule is CC[C@H]1CNCCN1C(=O)[C@@H](C)O. The summed E-state index contributed by atoms with van der Waals surface area (Å²) in [4.78, 5) is 13.3. The minimum Gasteiger partial charge on any atom is -0.384 e. The van der Waals surface area contributed by atoms with Crippen LogP contribution in [0.5, 0.6) is 0 Å². The molecule has 1 heterocycles. The second-order valence-corrected chi connectivity index (χ2v) is 3.47. The Labute approximate surface area is 78.9 Å². The van der Waals surface area contributed by atoms with Gasteiger partial charge in [-0.3, -0.25) is 4.79 Å². The van der Waals surface area contributed by atoms with Crippen LogP contribution in [0.25, 0.3) is 0 Å². The van der Waals surface area contributed by atoms with Crippen LogP contribution in [0.3, 0.4) is 0 Å². The number of carbonyl (C=O) groups is 1. The number of rotatable bonds is 2. The van der Waals surface area contributed by atoms with Gasteiger partial charge in [-0.25, -0.2) is 0 Å². The Bertz CT molecular complexity index is 182. The van der Waals surface area contributed by atoms with E-state index in [0.717, 1.165) is 19.5 Å². The fraction of sp³-hybridized carbons (Fsp3) is 0.889. The molecule has 1 aliphatic rings. The zero-order chi connectivity index (χ0) is 9.84. The standard InChI is InChI=1S/C9H18N2O2/c1-3-8-6-10-4-5-11(8)9(13)7(2)12/h7-8,10,12H,3-6H2,1-2H3/t7-,8+/m1/s1. The molecule has 1 rings (SSSR count). The number of hydrogen-bond acceptors (Lipinski definition) is 3. The molecule has 4 heteroatoms. The van der Waals surface area contributed by atoms with Gasteiger partial charge >= 0.3 is 0 Å². The highest BCUT2D eigenvalue weighted by Crippen LogP contribution is 2.08. The maximum atomic E-state index is 11.5. The number of piperazine rings is 1. The molecule has 0 aromatic heterocycles. The third kappa shape index (κ3) is 2.42. The van der Waals surface area contributed by atoms with Crippen molar-refractivity contribution in [1.29, 1.82) is 0 Å². The van der Waals surface area contributed by atoms with Crippen molar-refractivity contribution in [2.75, 3.05) is 19.6 Å². The second-order valence-electron chi connectivity index (χ2n) is 3.47. The quantitative estimate of drug-likeness (QED) is 0.615. The topological polar surface area (TPSA) is 52.6 Å². The molecule has 0 aromatic rings. The lowest BCUT2D eigenvalue weighted by Gasteiger charge is -2.36. The van der Waals surface area contributed by atoms with Crippen molar-refractivity contribution in [2.45, 2.75) is 32.4 Å². The third-order valence-electron chi connectivity index (χ3n) is 2.46. The molecule has 4 nitrogen and oxygen atoms in total. The van der Waals surface area contributed by atoms with Gasteiger partial charge in [-0.2, -0.15) is 0 Å². The smallest absolute Gasteiger partial charge is 0.251 e. The fourth-order valence-corrected chi connectivity index (χ4v) is 1.66. The summed E-state index contributed by atoms with van der Waals surface area (Å²) in [6.07, 6.45) is 0.0676. The molecule has 0 bridgehead atoms. The van der Waals surface area contributed by atoms with Crippen molar-refractivity contribution in [1.82, 2.24) is 10.2 Å². The van der Waals surface area contributed by atoms with Crippen LogP contribution in [0.4, 0.5) is 0 Å². The van der Waals surface area contributed by atoms with Gasteiger partial charge in [0.05, 0.1) is 0 Å². The van der Waals surface area contributed by atoms with E-state index in [2.05, 4.69) is 12.2 Å². The van der Waals surface area contributed by atoms with E-state index in [9.17, 15) is 9.90 Å². The zero-order valence-electron chi connectivity index (χ0n) is 8.29. The Morgan fingerprint density at radius 2 is 2.46 bits per heavy atom. The van der Waals surface area contributed by atoms with Gasteiger partial charge in [0.1, 0.15) is 6.10 Å². The fourth-order valence-electron chi connectivity index (χ4n) is 1.66. The first-order valence-corrected chi connectivity index (χ1v) is 4.86. The summed E-state index contributed by atoms with van der Waals surface area (Å²) < 4.78 is 0. The molecule has 13 heavy (non-hydrogen) atoms. The highest BCUT2D eigenvalue weighted by molar-refractivity contribution is 5.80. The molecule has 2 atom stereocenters. The molecule has 0 radical (unpaired) electrons. The Morgan fingerprint density at radius 3 is 3.00 bits per heavy atom. The average molecular weight is 186 g/mol. The molecule has 0 unspecified atom stereocenters. The Morgan fingerprint density at radius 1 is 1.77 bits per heavy atom. The van der Waals surface area contributed by atoms with Crippen LogP contribution in [-0.4, -0.2) is 47.7 Å². The molecule has 0 aliphatic carbocycles. The normalized spacial score (nSPS) is 25.8. The highest BCUT2D eigenvalue weighted by Gasteiger charge is 2.27. The summed E-state index contributed by atoms with van der Waals surface area (Å²) in [5.41, 5.74) is 0. The van der Waals surface area contributed by atoms with Crippen molar-refractivity contribution in [3.8, 4) is 0 Å². The van der Waals surface area contributed by atoms with Crippen molar-refractivity contribution in [3.05, 3.63) is 0 Å². The van der Waals surface area contributed by atoms with E-state index >= 15 is 0 Å². The van der Waals surface area contributed by atoms with Crippen LogP contribution in [0.15, 0.2) is 0 Å². The summed E-state index contributed by atoms with van der Waals surface area (Å²) in [5, 5.41) is 12.4. The maximum absolute atomic E-state index is 11.5. The molecule has 1 fully saturated rings. The number of aliphatic hydroxyl groups is 1. The van der Waals surface area contributed by atoms with Crippen molar-refractivity contribution in [2.24, 2.45) is 0 Å². The molecular formula is C9H18N2O2. The van der Waals surface area contributed by atoms with E-state index in [1.807, 2.05) is 0 Å². The van der Waals surface area contributed by atoms with Crippen LogP contribution in [0.2, 0.25) is 0 Å². The maximum Gasteiger partial charge on any atom is 0.251 e. The van der Waals surface area contributed by atoms with E-state index in [-0.39, 0.29) is 11.9 Å². The summed E-state index contributed by atoms with van der Waals surface area (Å²) in [6, 6.07) is 0.246. The highest BCUT2D eigenvalue weighted by atomic mass is 16.3. The lowest BCUT2D eigenvalue weighted by molar-refractivity contribution is -0.142. The zero-order valence-corrected chi connectivity index (χ0v) is 8.29. The van der Waals surface area contributed by atoms with E-state index < -0.39 is 6.10 Å². The minimum absolute atomic E-state index is 0.145. The van der Waals surface area contributed by atoms with Crippen molar-refractivity contribution < 1.29 is 9.90 Å². The number of nitrogens with one attached hydrogen (secondary N) is 1. The van der Waals surface area contributed by atoms with Crippen molar-refractivity contribution in [3.63, 3.8) is 0 Å². The number of carbonyl (C=O) groups excluding carboxylic acids is 1. The van der Waals surface area contributed by atoms with Gasteiger partial charge in [-0.1, -0.05) is 6.92 Å². The summed E-state index contributed by atoms with van der Waals surface area (Å²) in [7, 11) is 0. The van der Waals surface area contributed by atoms with Gasteiger partial charge in [0, 0.05) is 25.7 Å². The number of hydrogen-bond donors (Lipinski definition) is 2. The van der Waals surface area contributed by atoms with E-state index in [4.69, 9.17) is 0 Å². The molecule has 0 aromatic carbocycles. The second kappa shape index (κ2) is 4.58.